The molecule has 1 aromatic heterocycles. The van der Waals surface area contributed by atoms with E-state index >= 15 is 0 Å². The van der Waals surface area contributed by atoms with Crippen molar-refractivity contribution in [3.8, 4) is 0 Å². The molecule has 218 valence electrons. The molecule has 0 bridgehead atoms. The van der Waals surface area contributed by atoms with Gasteiger partial charge in [-0.15, -0.1) is 0 Å². The standard InChI is InChI=1S/C31H35F2N3O5/c1-35-17-25(24-5-3-4-6-28(24)35)30(38)34-27-12-7-19(13-26(27)33)14-29(37)36-16-21(32)15-22(36)18-41-23-10-8-20(9-11-23)31(39)40-2/h3-7,12-13,17,20-23H,8-11,14-16,18H2,1-2H3,(H,34,38)/t20?,21-,22-,23?/m0/s1. The van der Waals surface area contributed by atoms with Crippen LogP contribution in [0.5, 0.6) is 0 Å². The highest BCUT2D eigenvalue weighted by Gasteiger charge is 2.36. The SMILES string of the molecule is COC(=O)C1CCC(OC[C@@H]2C[C@H](F)CN2C(=O)Cc2ccc(NC(=O)c3cn(C)c4ccccc34)c(F)c2)CC1. The van der Waals surface area contributed by atoms with Gasteiger partial charge in [-0.2, -0.15) is 0 Å². The minimum atomic E-state index is -1.15. The summed E-state index contributed by atoms with van der Waals surface area (Å²) in [5.41, 5.74) is 1.76. The van der Waals surface area contributed by atoms with Crippen LogP contribution in [0.25, 0.3) is 10.9 Å². The molecule has 1 saturated carbocycles. The summed E-state index contributed by atoms with van der Waals surface area (Å²) in [5, 5.41) is 3.39. The number of amides is 2. The van der Waals surface area contributed by atoms with E-state index in [1.54, 1.807) is 12.3 Å². The molecule has 2 aliphatic rings. The van der Waals surface area contributed by atoms with Crippen LogP contribution in [0.1, 0.15) is 48.0 Å². The van der Waals surface area contributed by atoms with Gasteiger partial charge in [-0.1, -0.05) is 24.3 Å². The molecule has 3 aromatic rings. The number of rotatable bonds is 8. The Bertz CT molecular complexity index is 1430. The Labute approximate surface area is 237 Å². The highest BCUT2D eigenvalue weighted by atomic mass is 19.1. The fourth-order valence-corrected chi connectivity index (χ4v) is 5.96. The maximum atomic E-state index is 15.0. The van der Waals surface area contributed by atoms with Gasteiger partial charge in [0.25, 0.3) is 5.91 Å². The van der Waals surface area contributed by atoms with Gasteiger partial charge in [0.15, 0.2) is 0 Å². The minimum Gasteiger partial charge on any atom is -0.469 e. The molecular formula is C31H35F2N3O5. The van der Waals surface area contributed by atoms with Crippen molar-refractivity contribution in [2.45, 2.75) is 56.8 Å². The van der Waals surface area contributed by atoms with Gasteiger partial charge in [-0.05, 0) is 49.4 Å². The van der Waals surface area contributed by atoms with E-state index in [1.807, 2.05) is 35.9 Å². The first-order chi connectivity index (χ1) is 19.7. The smallest absolute Gasteiger partial charge is 0.308 e. The number of nitrogens with zero attached hydrogens (tertiary/aromatic N) is 2. The number of aryl methyl sites for hydroxylation is 1. The fourth-order valence-electron chi connectivity index (χ4n) is 5.96. The Hall–Kier alpha value is -3.79. The van der Waals surface area contributed by atoms with Crippen LogP contribution in [-0.4, -0.2) is 65.8 Å². The minimum absolute atomic E-state index is 0.0114. The largest absolute Gasteiger partial charge is 0.469 e. The number of alkyl halides is 1. The second kappa shape index (κ2) is 12.4. The number of hydrogen-bond donors (Lipinski definition) is 1. The average Bonchev–Trinajstić information content (AvgIpc) is 3.52. The molecule has 10 heteroatoms. The van der Waals surface area contributed by atoms with E-state index in [0.29, 0.717) is 36.8 Å². The zero-order chi connectivity index (χ0) is 29.1. The van der Waals surface area contributed by atoms with Crippen LogP contribution < -0.4 is 5.32 Å². The zero-order valence-electron chi connectivity index (χ0n) is 23.3. The van der Waals surface area contributed by atoms with Gasteiger partial charge in [0.2, 0.25) is 5.91 Å². The van der Waals surface area contributed by atoms with Crippen molar-refractivity contribution in [2.24, 2.45) is 13.0 Å². The number of hydrogen-bond acceptors (Lipinski definition) is 5. The van der Waals surface area contributed by atoms with Gasteiger partial charge < -0.3 is 24.3 Å². The lowest BCUT2D eigenvalue weighted by molar-refractivity contribution is -0.148. The Balaban J connectivity index is 1.17. The van der Waals surface area contributed by atoms with Gasteiger partial charge in [0.1, 0.15) is 12.0 Å². The zero-order valence-corrected chi connectivity index (χ0v) is 23.3. The van der Waals surface area contributed by atoms with E-state index < -0.39 is 23.9 Å². The maximum absolute atomic E-state index is 15.0. The lowest BCUT2D eigenvalue weighted by Gasteiger charge is -2.30. The normalized spacial score (nSPS) is 22.6. The van der Waals surface area contributed by atoms with Crippen molar-refractivity contribution >= 4 is 34.4 Å². The Kier molecular flexibility index (Phi) is 8.68. The molecule has 2 fully saturated rings. The van der Waals surface area contributed by atoms with Crippen LogP contribution >= 0.6 is 0 Å². The summed E-state index contributed by atoms with van der Waals surface area (Å²) >= 11 is 0. The number of para-hydroxylation sites is 1. The second-order valence-corrected chi connectivity index (χ2v) is 11.0. The number of benzene rings is 2. The quantitative estimate of drug-likeness (QED) is 0.395. The number of nitrogens with one attached hydrogen (secondary N) is 1. The Morgan fingerprint density at radius 3 is 2.56 bits per heavy atom. The summed E-state index contributed by atoms with van der Waals surface area (Å²) in [6.45, 7) is 0.191. The molecule has 0 unspecified atom stereocenters. The van der Waals surface area contributed by atoms with Gasteiger partial charge in [-0.25, -0.2) is 8.78 Å². The van der Waals surface area contributed by atoms with Crippen molar-refractivity contribution in [1.29, 1.82) is 0 Å². The monoisotopic (exact) mass is 567 g/mol. The van der Waals surface area contributed by atoms with Gasteiger partial charge in [0, 0.05) is 30.6 Å². The molecule has 2 amide bonds. The van der Waals surface area contributed by atoms with Crippen LogP contribution in [-0.2, 0) is 32.5 Å². The van der Waals surface area contributed by atoms with Crippen LogP contribution in [0.2, 0.25) is 0 Å². The van der Waals surface area contributed by atoms with Crippen molar-refractivity contribution in [2.75, 3.05) is 25.6 Å². The van der Waals surface area contributed by atoms with E-state index in [-0.39, 0.29) is 55.6 Å². The third kappa shape index (κ3) is 6.43. The van der Waals surface area contributed by atoms with Crippen molar-refractivity contribution in [3.63, 3.8) is 0 Å². The van der Waals surface area contributed by atoms with Crippen molar-refractivity contribution < 1.29 is 32.6 Å². The fraction of sp³-hybridized carbons (Fsp3) is 0.452. The van der Waals surface area contributed by atoms with Crippen LogP contribution in [0.15, 0.2) is 48.7 Å². The molecule has 1 saturated heterocycles. The van der Waals surface area contributed by atoms with Crippen molar-refractivity contribution in [3.05, 3.63) is 65.6 Å². The molecule has 1 aliphatic heterocycles. The van der Waals surface area contributed by atoms with Crippen LogP contribution in [0.4, 0.5) is 14.5 Å². The number of anilines is 1. The van der Waals surface area contributed by atoms with E-state index in [4.69, 9.17) is 9.47 Å². The van der Waals surface area contributed by atoms with E-state index in [1.165, 1.54) is 24.1 Å². The molecule has 5 rings (SSSR count). The first-order valence-corrected chi connectivity index (χ1v) is 14.0. The molecule has 1 aliphatic carbocycles. The number of carbonyl (C=O) groups is 3. The summed E-state index contributed by atoms with van der Waals surface area (Å²) in [7, 11) is 3.23. The molecular weight excluding hydrogens is 532 g/mol. The number of ether oxygens (including phenoxy) is 2. The number of fused-ring (bicyclic) bond motifs is 1. The molecule has 2 heterocycles. The molecule has 2 aromatic carbocycles. The van der Waals surface area contributed by atoms with Gasteiger partial charge in [-0.3, -0.25) is 14.4 Å². The predicted molar refractivity (Wildman–Crippen MR) is 150 cm³/mol. The van der Waals surface area contributed by atoms with E-state index in [0.717, 1.165) is 10.9 Å². The first kappa shape index (κ1) is 28.7. The third-order valence-electron chi connectivity index (χ3n) is 8.20. The third-order valence-corrected chi connectivity index (χ3v) is 8.20. The summed E-state index contributed by atoms with van der Waals surface area (Å²) in [4.78, 5) is 39.3. The van der Waals surface area contributed by atoms with E-state index in [9.17, 15) is 23.2 Å². The summed E-state index contributed by atoms with van der Waals surface area (Å²) < 4.78 is 42.0. The molecule has 2 atom stereocenters. The number of esters is 1. The molecule has 0 radical (unpaired) electrons. The van der Waals surface area contributed by atoms with Crippen molar-refractivity contribution in [1.82, 2.24) is 9.47 Å². The maximum Gasteiger partial charge on any atom is 0.308 e. The van der Waals surface area contributed by atoms with Crippen LogP contribution in [0, 0.1) is 11.7 Å². The topological polar surface area (TPSA) is 89.9 Å². The summed E-state index contributed by atoms with van der Waals surface area (Å²) in [6, 6.07) is 11.3. The molecule has 8 nitrogen and oxygen atoms in total. The molecule has 0 spiro atoms. The second-order valence-electron chi connectivity index (χ2n) is 11.0. The van der Waals surface area contributed by atoms with Crippen LogP contribution in [0.3, 0.4) is 0 Å². The number of carbonyl (C=O) groups excluding carboxylic acids is 3. The summed E-state index contributed by atoms with van der Waals surface area (Å²) in [5.74, 6) is -1.71. The average molecular weight is 568 g/mol. The highest BCUT2D eigenvalue weighted by molar-refractivity contribution is 6.13. The number of halogens is 2. The number of methoxy groups -OCH3 is 1. The number of likely N-dealkylation sites (tertiary alicyclic amines) is 1. The highest BCUT2D eigenvalue weighted by Crippen LogP contribution is 2.29. The lowest BCUT2D eigenvalue weighted by atomic mass is 9.87. The lowest BCUT2D eigenvalue weighted by Crippen LogP contribution is -2.40. The Morgan fingerprint density at radius 1 is 1.07 bits per heavy atom. The van der Waals surface area contributed by atoms with Gasteiger partial charge >= 0.3 is 5.97 Å². The number of aromatic nitrogens is 1. The molecule has 1 N–H and O–H groups in total. The first-order valence-electron chi connectivity index (χ1n) is 14.0. The molecule has 41 heavy (non-hydrogen) atoms. The van der Waals surface area contributed by atoms with Gasteiger partial charge in [0.05, 0.1) is 56.0 Å². The predicted octanol–water partition coefficient (Wildman–Crippen LogP) is 4.80. The Morgan fingerprint density at radius 2 is 1.83 bits per heavy atom. The summed E-state index contributed by atoms with van der Waals surface area (Å²) in [6.07, 6.45) is 3.39. The van der Waals surface area contributed by atoms with E-state index in [2.05, 4.69) is 5.32 Å².